The van der Waals surface area contributed by atoms with Gasteiger partial charge in [0.25, 0.3) is 10.0 Å². The molecule has 2 fully saturated rings. The lowest BCUT2D eigenvalue weighted by atomic mass is 9.96. The van der Waals surface area contributed by atoms with Gasteiger partial charge in [0.05, 0.1) is 26.9 Å². The number of piperidine rings is 1. The highest BCUT2D eigenvalue weighted by Gasteiger charge is 2.29. The Morgan fingerprint density at radius 3 is 2.69 bits per heavy atom. The molecule has 2 aliphatic heterocycles. The summed E-state index contributed by atoms with van der Waals surface area (Å²) in [4.78, 5) is 24.2. The molecule has 0 atom stereocenters. The molecule has 0 unspecified atom stereocenters. The molecule has 0 saturated carbocycles. The minimum Gasteiger partial charge on any atom is -0.481 e. The van der Waals surface area contributed by atoms with E-state index in [9.17, 15) is 13.2 Å². The minimum atomic E-state index is -3.50. The molecule has 1 amide bonds. The number of methoxy groups -OCH3 is 1. The lowest BCUT2D eigenvalue weighted by molar-refractivity contribution is -0.125. The molecular formula is C20H27N5O5S2. The Bertz CT molecular complexity index is 1030. The van der Waals surface area contributed by atoms with Crippen molar-refractivity contribution in [1.82, 2.24) is 19.6 Å². The standard InChI is InChI=1S/C20H27N5O5S2/c1-29-17-4-7-21-20(23-17)24-8-5-15(6-9-24)19(26)22-14-16-2-3-18(31-16)32(27,28)25-10-12-30-13-11-25/h2-4,7,15H,5-6,8-14H2,1H3,(H,22,26). The van der Waals surface area contributed by atoms with E-state index in [1.165, 1.54) is 15.6 Å². The molecule has 12 heteroatoms. The van der Waals surface area contributed by atoms with Crippen molar-refractivity contribution in [3.05, 3.63) is 29.3 Å². The summed E-state index contributed by atoms with van der Waals surface area (Å²) in [5, 5.41) is 2.96. The smallest absolute Gasteiger partial charge is 0.252 e. The van der Waals surface area contributed by atoms with E-state index in [4.69, 9.17) is 9.47 Å². The van der Waals surface area contributed by atoms with Gasteiger partial charge in [0.15, 0.2) is 0 Å². The quantitative estimate of drug-likeness (QED) is 0.625. The SMILES string of the molecule is COc1ccnc(N2CCC(C(=O)NCc3ccc(S(=O)(=O)N4CCOCC4)s3)CC2)n1. The van der Waals surface area contributed by atoms with Crippen molar-refractivity contribution < 1.29 is 22.7 Å². The zero-order valence-electron chi connectivity index (χ0n) is 17.9. The van der Waals surface area contributed by atoms with E-state index >= 15 is 0 Å². The predicted octanol–water partition coefficient (Wildman–Crippen LogP) is 1.10. The first kappa shape index (κ1) is 22.9. The van der Waals surface area contributed by atoms with Gasteiger partial charge in [-0.1, -0.05) is 0 Å². The molecule has 2 aromatic heterocycles. The summed E-state index contributed by atoms with van der Waals surface area (Å²) in [6, 6.07) is 5.08. The van der Waals surface area contributed by atoms with Crippen LogP contribution in [0.5, 0.6) is 5.88 Å². The second-order valence-electron chi connectivity index (χ2n) is 7.62. The molecule has 0 bridgehead atoms. The summed E-state index contributed by atoms with van der Waals surface area (Å²) in [6.07, 6.45) is 3.06. The number of sulfonamides is 1. The number of nitrogens with zero attached hydrogens (tertiary/aromatic N) is 4. The molecule has 0 aliphatic carbocycles. The summed E-state index contributed by atoms with van der Waals surface area (Å²) in [7, 11) is -1.94. The second-order valence-corrected chi connectivity index (χ2v) is 10.9. The van der Waals surface area contributed by atoms with Crippen LogP contribution in [0.2, 0.25) is 0 Å². The van der Waals surface area contributed by atoms with E-state index in [2.05, 4.69) is 15.3 Å². The van der Waals surface area contributed by atoms with Crippen molar-refractivity contribution in [3.8, 4) is 5.88 Å². The number of hydrogen-bond donors (Lipinski definition) is 1. The lowest BCUT2D eigenvalue weighted by Gasteiger charge is -2.31. The third-order valence-electron chi connectivity index (χ3n) is 5.61. The molecule has 4 rings (SSSR count). The number of ether oxygens (including phenoxy) is 2. The topological polar surface area (TPSA) is 114 Å². The maximum absolute atomic E-state index is 12.7. The summed E-state index contributed by atoms with van der Waals surface area (Å²) in [6.45, 7) is 3.25. The second kappa shape index (κ2) is 10.1. The number of nitrogens with one attached hydrogen (secondary N) is 1. The van der Waals surface area contributed by atoms with Crippen LogP contribution < -0.4 is 15.0 Å². The summed E-state index contributed by atoms with van der Waals surface area (Å²) < 4.78 is 37.6. The number of hydrogen-bond acceptors (Lipinski definition) is 9. The van der Waals surface area contributed by atoms with E-state index < -0.39 is 10.0 Å². The first-order valence-electron chi connectivity index (χ1n) is 10.5. The summed E-state index contributed by atoms with van der Waals surface area (Å²) >= 11 is 1.20. The fourth-order valence-corrected chi connectivity index (χ4v) is 6.62. The Morgan fingerprint density at radius 1 is 1.22 bits per heavy atom. The minimum absolute atomic E-state index is 0.0119. The number of carbonyl (C=O) groups excluding carboxylic acids is 1. The van der Waals surface area contributed by atoms with Crippen molar-refractivity contribution >= 4 is 33.2 Å². The third kappa shape index (κ3) is 5.20. The number of thiophene rings is 1. The highest BCUT2D eigenvalue weighted by Crippen LogP contribution is 2.26. The van der Waals surface area contributed by atoms with Crippen molar-refractivity contribution in [2.24, 2.45) is 5.92 Å². The first-order valence-corrected chi connectivity index (χ1v) is 12.8. The van der Waals surface area contributed by atoms with Crippen molar-refractivity contribution in [3.63, 3.8) is 0 Å². The van der Waals surface area contributed by atoms with Gasteiger partial charge >= 0.3 is 0 Å². The number of aromatic nitrogens is 2. The Kier molecular flexibility index (Phi) is 7.23. The average Bonchev–Trinajstić information content (AvgIpc) is 3.33. The van der Waals surface area contributed by atoms with E-state index in [0.717, 1.165) is 4.88 Å². The fourth-order valence-electron chi connectivity index (χ4n) is 3.76. The molecule has 1 N–H and O–H groups in total. The molecule has 174 valence electrons. The molecule has 0 radical (unpaired) electrons. The molecule has 10 nitrogen and oxygen atoms in total. The van der Waals surface area contributed by atoms with Crippen LogP contribution in [0.15, 0.2) is 28.6 Å². The molecule has 2 aliphatic rings. The van der Waals surface area contributed by atoms with Crippen LogP contribution >= 0.6 is 11.3 Å². The van der Waals surface area contributed by atoms with Gasteiger partial charge in [0.1, 0.15) is 4.21 Å². The van der Waals surface area contributed by atoms with Crippen LogP contribution in [0.1, 0.15) is 17.7 Å². The highest BCUT2D eigenvalue weighted by molar-refractivity contribution is 7.91. The first-order chi connectivity index (χ1) is 15.5. The third-order valence-corrected chi connectivity index (χ3v) is 9.06. The van der Waals surface area contributed by atoms with Gasteiger partial charge in [0, 0.05) is 49.2 Å². The van der Waals surface area contributed by atoms with Gasteiger partial charge in [-0.15, -0.1) is 11.3 Å². The monoisotopic (exact) mass is 481 g/mol. The van der Waals surface area contributed by atoms with Crippen molar-refractivity contribution in [2.75, 3.05) is 51.4 Å². The van der Waals surface area contributed by atoms with Gasteiger partial charge in [-0.05, 0) is 25.0 Å². The molecule has 2 saturated heterocycles. The zero-order valence-corrected chi connectivity index (χ0v) is 19.5. The summed E-state index contributed by atoms with van der Waals surface area (Å²) in [5.74, 6) is 1.02. The van der Waals surface area contributed by atoms with Gasteiger partial charge in [-0.2, -0.15) is 9.29 Å². The van der Waals surface area contributed by atoms with Crippen LogP contribution in [-0.4, -0.2) is 75.1 Å². The Balaban J connectivity index is 1.27. The number of anilines is 1. The molecule has 4 heterocycles. The number of morpholine rings is 1. The molecule has 0 spiro atoms. The molecule has 0 aromatic carbocycles. The zero-order chi connectivity index (χ0) is 22.6. The van der Waals surface area contributed by atoms with Gasteiger partial charge in [0.2, 0.25) is 17.7 Å². The van der Waals surface area contributed by atoms with E-state index in [1.54, 1.807) is 31.5 Å². The Hall–Kier alpha value is -2.28. The van der Waals surface area contributed by atoms with E-state index in [-0.39, 0.29) is 11.8 Å². The Labute approximate surface area is 191 Å². The predicted molar refractivity (Wildman–Crippen MR) is 119 cm³/mol. The molecular weight excluding hydrogens is 454 g/mol. The fraction of sp³-hybridized carbons (Fsp3) is 0.550. The van der Waals surface area contributed by atoms with Gasteiger partial charge in [-0.25, -0.2) is 13.4 Å². The Morgan fingerprint density at radius 2 is 1.97 bits per heavy atom. The maximum Gasteiger partial charge on any atom is 0.252 e. The average molecular weight is 482 g/mol. The van der Waals surface area contributed by atoms with Crippen LogP contribution in [0.25, 0.3) is 0 Å². The molecule has 2 aromatic rings. The van der Waals surface area contributed by atoms with Crippen molar-refractivity contribution in [1.29, 1.82) is 0 Å². The van der Waals surface area contributed by atoms with Crippen molar-refractivity contribution in [2.45, 2.75) is 23.6 Å². The maximum atomic E-state index is 12.7. The largest absolute Gasteiger partial charge is 0.481 e. The van der Waals surface area contributed by atoms with E-state index in [1.807, 2.05) is 4.90 Å². The highest BCUT2D eigenvalue weighted by atomic mass is 32.2. The molecule has 32 heavy (non-hydrogen) atoms. The summed E-state index contributed by atoms with van der Waals surface area (Å²) in [5.41, 5.74) is 0. The van der Waals surface area contributed by atoms with Gasteiger partial charge in [-0.3, -0.25) is 4.79 Å². The van der Waals surface area contributed by atoms with Gasteiger partial charge < -0.3 is 19.7 Å². The number of rotatable bonds is 7. The number of amides is 1. The van der Waals surface area contributed by atoms with Crippen LogP contribution in [0.3, 0.4) is 0 Å². The van der Waals surface area contributed by atoms with Crippen LogP contribution in [0, 0.1) is 5.92 Å². The number of carbonyl (C=O) groups is 1. The van der Waals surface area contributed by atoms with E-state index in [0.29, 0.717) is 74.8 Å². The van der Waals surface area contributed by atoms with Crippen LogP contribution in [0.4, 0.5) is 5.95 Å². The normalized spacial score (nSPS) is 18.5. The lowest BCUT2D eigenvalue weighted by Crippen LogP contribution is -2.41. The van der Waals surface area contributed by atoms with Crippen LogP contribution in [-0.2, 0) is 26.1 Å².